The van der Waals surface area contributed by atoms with E-state index in [-0.39, 0.29) is 29.7 Å². The predicted octanol–water partition coefficient (Wildman–Crippen LogP) is 5.08. The fourth-order valence-corrected chi connectivity index (χ4v) is 5.18. The van der Waals surface area contributed by atoms with Gasteiger partial charge in [-0.25, -0.2) is 18.7 Å². The number of nitrogens with zero attached hydrogens (tertiary/aromatic N) is 5. The van der Waals surface area contributed by atoms with Gasteiger partial charge in [-0.1, -0.05) is 29.8 Å². The first-order valence-corrected chi connectivity index (χ1v) is 13.9. The summed E-state index contributed by atoms with van der Waals surface area (Å²) < 4.78 is 29.7. The number of guanidine groups is 1. The highest BCUT2D eigenvalue weighted by Crippen LogP contribution is 2.34. The van der Waals surface area contributed by atoms with Gasteiger partial charge >= 0.3 is 0 Å². The van der Waals surface area contributed by atoms with Crippen LogP contribution >= 0.6 is 11.6 Å². The average Bonchev–Trinajstić information content (AvgIpc) is 3.08. The SMILES string of the molecule is CN(C)C1CN(C(=N)NC(=O)c2cccc(Nc3ncc4c(n3)-c3ccc(Cl)cc3C(c3c(F)cccc3F)=NC4)c2)C1. The van der Waals surface area contributed by atoms with Crippen LogP contribution in [-0.2, 0) is 6.54 Å². The van der Waals surface area contributed by atoms with E-state index in [9.17, 15) is 13.6 Å². The summed E-state index contributed by atoms with van der Waals surface area (Å²) >= 11 is 6.31. The van der Waals surface area contributed by atoms with Crippen LogP contribution in [0.1, 0.15) is 27.0 Å². The molecule has 1 saturated heterocycles. The molecule has 218 valence electrons. The van der Waals surface area contributed by atoms with E-state index in [4.69, 9.17) is 22.0 Å². The number of amides is 1. The van der Waals surface area contributed by atoms with Gasteiger partial charge in [0, 0.05) is 58.3 Å². The van der Waals surface area contributed by atoms with E-state index in [1.807, 2.05) is 14.1 Å². The monoisotopic (exact) mass is 600 g/mol. The lowest BCUT2D eigenvalue weighted by Crippen LogP contribution is -2.62. The molecule has 2 aliphatic rings. The van der Waals surface area contributed by atoms with Crippen LogP contribution in [0.5, 0.6) is 0 Å². The van der Waals surface area contributed by atoms with Crippen LogP contribution < -0.4 is 10.6 Å². The van der Waals surface area contributed by atoms with Gasteiger partial charge < -0.3 is 15.1 Å². The number of carbonyl (C=O) groups is 1. The fraction of sp³-hybridized carbons (Fsp3) is 0.194. The molecule has 3 heterocycles. The summed E-state index contributed by atoms with van der Waals surface area (Å²) in [6, 6.07) is 15.9. The normalized spacial score (nSPS) is 14.3. The van der Waals surface area contributed by atoms with Crippen LogP contribution in [0.4, 0.5) is 20.4 Å². The van der Waals surface area contributed by atoms with Gasteiger partial charge in [0.05, 0.1) is 23.5 Å². The average molecular weight is 601 g/mol. The van der Waals surface area contributed by atoms with Gasteiger partial charge in [0.25, 0.3) is 5.91 Å². The number of fused-ring (bicyclic) bond motifs is 3. The van der Waals surface area contributed by atoms with Crippen molar-refractivity contribution in [2.45, 2.75) is 12.6 Å². The number of benzene rings is 3. The molecule has 2 aliphatic heterocycles. The third-order valence-electron chi connectivity index (χ3n) is 7.49. The molecule has 0 atom stereocenters. The smallest absolute Gasteiger partial charge is 0.258 e. The molecule has 6 rings (SSSR count). The zero-order valence-corrected chi connectivity index (χ0v) is 24.1. The van der Waals surface area contributed by atoms with Gasteiger partial charge in [0.2, 0.25) is 5.95 Å². The van der Waals surface area contributed by atoms with Crippen molar-refractivity contribution in [3.05, 3.63) is 106 Å². The number of nitrogens with one attached hydrogen (secondary N) is 3. The number of hydrogen-bond acceptors (Lipinski definition) is 7. The first-order valence-electron chi connectivity index (χ1n) is 13.5. The van der Waals surface area contributed by atoms with E-state index in [1.165, 1.54) is 18.2 Å². The van der Waals surface area contributed by atoms with E-state index >= 15 is 0 Å². The highest BCUT2D eigenvalue weighted by atomic mass is 35.5. The molecule has 1 aromatic heterocycles. The Kier molecular flexibility index (Phi) is 7.59. The lowest BCUT2D eigenvalue weighted by atomic mass is 9.95. The van der Waals surface area contributed by atoms with Crippen LogP contribution in [0.2, 0.25) is 5.02 Å². The number of aromatic nitrogens is 2. The highest BCUT2D eigenvalue weighted by molar-refractivity contribution is 6.31. The standard InChI is InChI=1S/C31H27ClF2N8O/c1-41(2)21-15-42(16-21)30(35)40-29(43)17-5-3-6-20(11-17)38-31-37-14-18-13-36-28(26-24(33)7-4-8-25(26)34)23-12-19(32)9-10-22(23)27(18)39-31/h3-12,14,21H,13,15-16H2,1-2H3,(H2,35,40,43)(H,37,38,39). The first kappa shape index (κ1) is 28.4. The molecular formula is C31H27ClF2N8O. The second-order valence-corrected chi connectivity index (χ2v) is 11.0. The Labute approximate surface area is 251 Å². The Balaban J connectivity index is 1.25. The van der Waals surface area contributed by atoms with E-state index in [0.717, 1.165) is 0 Å². The van der Waals surface area contributed by atoms with Gasteiger partial charge in [0.15, 0.2) is 5.96 Å². The molecule has 0 saturated carbocycles. The van der Waals surface area contributed by atoms with Crippen molar-refractivity contribution in [1.29, 1.82) is 5.41 Å². The van der Waals surface area contributed by atoms with Gasteiger partial charge in [-0.3, -0.25) is 20.5 Å². The molecule has 0 spiro atoms. The topological polar surface area (TPSA) is 110 Å². The second kappa shape index (κ2) is 11.5. The van der Waals surface area contributed by atoms with Crippen LogP contribution in [0, 0.1) is 17.0 Å². The molecule has 3 aromatic carbocycles. The number of carbonyl (C=O) groups excluding carboxylic acids is 1. The van der Waals surface area contributed by atoms with Crippen LogP contribution in [-0.4, -0.2) is 70.6 Å². The summed E-state index contributed by atoms with van der Waals surface area (Å²) in [6.45, 7) is 1.46. The molecule has 1 fully saturated rings. The minimum atomic E-state index is -0.731. The van der Waals surface area contributed by atoms with Crippen molar-refractivity contribution < 1.29 is 13.6 Å². The van der Waals surface area contributed by atoms with Crippen LogP contribution in [0.25, 0.3) is 11.3 Å². The van der Waals surface area contributed by atoms with E-state index in [0.29, 0.717) is 57.8 Å². The number of rotatable bonds is 5. The lowest BCUT2D eigenvalue weighted by Gasteiger charge is -2.43. The summed E-state index contributed by atoms with van der Waals surface area (Å²) in [6.07, 6.45) is 1.61. The molecule has 4 aromatic rings. The predicted molar refractivity (Wildman–Crippen MR) is 162 cm³/mol. The largest absolute Gasteiger partial charge is 0.340 e. The molecule has 1 amide bonds. The van der Waals surface area contributed by atoms with Crippen LogP contribution in [0.3, 0.4) is 0 Å². The van der Waals surface area contributed by atoms with Crippen molar-refractivity contribution in [1.82, 2.24) is 25.1 Å². The van der Waals surface area contributed by atoms with Crippen molar-refractivity contribution >= 4 is 40.8 Å². The Morgan fingerprint density at radius 2 is 1.79 bits per heavy atom. The van der Waals surface area contributed by atoms with E-state index in [2.05, 4.69) is 25.5 Å². The second-order valence-electron chi connectivity index (χ2n) is 10.5. The first-order chi connectivity index (χ1) is 20.7. The molecule has 3 N–H and O–H groups in total. The molecule has 0 radical (unpaired) electrons. The molecule has 0 bridgehead atoms. The summed E-state index contributed by atoms with van der Waals surface area (Å²) in [4.78, 5) is 30.5. The van der Waals surface area contributed by atoms with Crippen molar-refractivity contribution in [2.75, 3.05) is 32.5 Å². The number of anilines is 2. The summed E-state index contributed by atoms with van der Waals surface area (Å²) in [5.74, 6) is -1.55. The molecular weight excluding hydrogens is 574 g/mol. The third kappa shape index (κ3) is 5.69. The lowest BCUT2D eigenvalue weighted by molar-refractivity contribution is 0.0942. The van der Waals surface area contributed by atoms with Crippen molar-refractivity contribution in [3.63, 3.8) is 0 Å². The Morgan fingerprint density at radius 1 is 1.05 bits per heavy atom. The van der Waals surface area contributed by atoms with Crippen molar-refractivity contribution in [2.24, 2.45) is 4.99 Å². The Morgan fingerprint density at radius 3 is 2.53 bits per heavy atom. The minimum absolute atomic E-state index is 0.0613. The summed E-state index contributed by atoms with van der Waals surface area (Å²) in [5.41, 5.74) is 3.06. The molecule has 12 heteroatoms. The van der Waals surface area contributed by atoms with Crippen LogP contribution in [0.15, 0.2) is 71.9 Å². The third-order valence-corrected chi connectivity index (χ3v) is 7.72. The Hall–Kier alpha value is -4.74. The van der Waals surface area contributed by atoms with Gasteiger partial charge in [0.1, 0.15) is 11.6 Å². The molecule has 43 heavy (non-hydrogen) atoms. The number of likely N-dealkylation sites (tertiary alicyclic amines) is 1. The number of likely N-dealkylation sites (N-methyl/N-ethyl adjacent to an activating group) is 1. The van der Waals surface area contributed by atoms with Gasteiger partial charge in [-0.05, 0) is 56.6 Å². The maximum atomic E-state index is 14.8. The van der Waals surface area contributed by atoms with Crippen molar-refractivity contribution in [3.8, 4) is 11.3 Å². The number of halogens is 3. The molecule has 9 nitrogen and oxygen atoms in total. The van der Waals surface area contributed by atoms with Gasteiger partial charge in [-0.2, -0.15) is 0 Å². The minimum Gasteiger partial charge on any atom is -0.340 e. The van der Waals surface area contributed by atoms with Gasteiger partial charge in [-0.15, -0.1) is 0 Å². The zero-order valence-electron chi connectivity index (χ0n) is 23.3. The number of hydrogen-bond donors (Lipinski definition) is 3. The van der Waals surface area contributed by atoms with E-state index in [1.54, 1.807) is 53.6 Å². The Bertz CT molecular complexity index is 1770. The quantitative estimate of drug-likeness (QED) is 0.218. The maximum Gasteiger partial charge on any atom is 0.258 e. The summed E-state index contributed by atoms with van der Waals surface area (Å²) in [7, 11) is 3.98. The molecule has 0 aliphatic carbocycles. The summed E-state index contributed by atoms with van der Waals surface area (Å²) in [5, 5.41) is 14.4. The fourth-order valence-electron chi connectivity index (χ4n) is 5.01. The zero-order chi connectivity index (χ0) is 30.2. The molecule has 0 unspecified atom stereocenters. The number of aliphatic imine (C=N–C) groups is 1. The highest BCUT2D eigenvalue weighted by Gasteiger charge is 2.31. The van der Waals surface area contributed by atoms with E-state index < -0.39 is 17.5 Å². The maximum absolute atomic E-state index is 14.8.